The summed E-state index contributed by atoms with van der Waals surface area (Å²) in [5.41, 5.74) is 1.97. The molecule has 3 aromatic rings. The Morgan fingerprint density at radius 1 is 1.14 bits per heavy atom. The number of benzene rings is 2. The first-order valence-corrected chi connectivity index (χ1v) is 11.9. The summed E-state index contributed by atoms with van der Waals surface area (Å²) in [5, 5.41) is 12.6. The molecular formula is C28H27F3N4O2. The fourth-order valence-electron chi connectivity index (χ4n) is 4.28. The minimum absolute atomic E-state index is 0.0778. The number of nitriles is 1. The zero-order valence-corrected chi connectivity index (χ0v) is 20.6. The highest BCUT2D eigenvalue weighted by molar-refractivity contribution is 5.97. The van der Waals surface area contributed by atoms with Crippen molar-refractivity contribution in [2.45, 2.75) is 26.1 Å². The van der Waals surface area contributed by atoms with E-state index in [1.807, 2.05) is 26.0 Å². The number of ether oxygens (including phenoxy) is 1. The van der Waals surface area contributed by atoms with Crippen LogP contribution in [0, 0.1) is 18.3 Å². The van der Waals surface area contributed by atoms with Crippen molar-refractivity contribution in [2.75, 3.05) is 32.8 Å². The van der Waals surface area contributed by atoms with Crippen molar-refractivity contribution in [3.63, 3.8) is 0 Å². The van der Waals surface area contributed by atoms with Crippen LogP contribution in [0.25, 0.3) is 22.4 Å². The van der Waals surface area contributed by atoms with E-state index < -0.39 is 11.7 Å². The number of aromatic nitrogens is 1. The molecule has 9 heteroatoms. The fraction of sp³-hybridized carbons (Fsp3) is 0.321. The number of hydrogen-bond donors (Lipinski definition) is 1. The van der Waals surface area contributed by atoms with E-state index in [1.54, 1.807) is 24.4 Å². The molecule has 1 saturated heterocycles. The van der Waals surface area contributed by atoms with Gasteiger partial charge in [-0.25, -0.2) is 0 Å². The van der Waals surface area contributed by atoms with Crippen LogP contribution in [0.2, 0.25) is 0 Å². The standard InChI is InChI=1S/C28H27F3N4O2/c1-18-3-6-26(33-16-18)22-11-21(25-14-24(28(29,30)31)5-4-20(25)15-32)12-23(13-22)27(36)34-19(2)17-35-7-9-37-10-8-35/h3-6,11-14,16,19H,7-10,17H2,1-2H3,(H,34,36)/t19-/m1/s1. The minimum atomic E-state index is -4.58. The molecule has 37 heavy (non-hydrogen) atoms. The molecule has 0 bridgehead atoms. The van der Waals surface area contributed by atoms with Crippen molar-refractivity contribution < 1.29 is 22.7 Å². The van der Waals surface area contributed by atoms with Crippen molar-refractivity contribution in [3.8, 4) is 28.5 Å². The number of carbonyl (C=O) groups excluding carboxylic acids is 1. The number of pyridine rings is 1. The van der Waals surface area contributed by atoms with Crippen LogP contribution in [0.4, 0.5) is 13.2 Å². The Hall–Kier alpha value is -3.74. The fourth-order valence-corrected chi connectivity index (χ4v) is 4.28. The molecule has 0 saturated carbocycles. The van der Waals surface area contributed by atoms with Crippen molar-refractivity contribution >= 4 is 5.91 Å². The van der Waals surface area contributed by atoms with Crippen LogP contribution in [0.15, 0.2) is 54.7 Å². The Balaban J connectivity index is 1.73. The second kappa shape index (κ2) is 11.1. The molecule has 0 aliphatic carbocycles. The molecule has 1 amide bonds. The second-order valence-corrected chi connectivity index (χ2v) is 9.18. The zero-order valence-electron chi connectivity index (χ0n) is 20.6. The number of hydrogen-bond acceptors (Lipinski definition) is 5. The van der Waals surface area contributed by atoms with E-state index in [1.165, 1.54) is 6.07 Å². The molecule has 1 aromatic heterocycles. The van der Waals surface area contributed by atoms with Gasteiger partial charge in [0.15, 0.2) is 0 Å². The van der Waals surface area contributed by atoms with E-state index in [9.17, 15) is 23.2 Å². The monoisotopic (exact) mass is 508 g/mol. The van der Waals surface area contributed by atoms with Crippen molar-refractivity contribution in [1.82, 2.24) is 15.2 Å². The molecule has 1 atom stereocenters. The van der Waals surface area contributed by atoms with E-state index in [0.29, 0.717) is 36.6 Å². The van der Waals surface area contributed by atoms with Gasteiger partial charge < -0.3 is 10.1 Å². The molecule has 4 rings (SSSR count). The third-order valence-electron chi connectivity index (χ3n) is 6.19. The van der Waals surface area contributed by atoms with Gasteiger partial charge >= 0.3 is 6.18 Å². The number of nitrogens with one attached hydrogen (secondary N) is 1. The average molecular weight is 509 g/mol. The van der Waals surface area contributed by atoms with Crippen molar-refractivity contribution in [2.24, 2.45) is 0 Å². The predicted octanol–water partition coefficient (Wildman–Crippen LogP) is 5.07. The lowest BCUT2D eigenvalue weighted by atomic mass is 9.93. The van der Waals surface area contributed by atoms with Crippen LogP contribution in [0.3, 0.4) is 0 Å². The molecule has 6 nitrogen and oxygen atoms in total. The summed E-state index contributed by atoms with van der Waals surface area (Å²) in [6.45, 7) is 7.30. The number of rotatable bonds is 6. The Morgan fingerprint density at radius 2 is 1.86 bits per heavy atom. The molecule has 1 N–H and O–H groups in total. The quantitative estimate of drug-likeness (QED) is 0.503. The first kappa shape index (κ1) is 26.3. The van der Waals surface area contributed by atoms with Gasteiger partial charge in [-0.2, -0.15) is 18.4 Å². The summed E-state index contributed by atoms with van der Waals surface area (Å²) in [7, 11) is 0. The third kappa shape index (κ3) is 6.53. The molecule has 1 aliphatic rings. The van der Waals surface area contributed by atoms with Crippen LogP contribution in [-0.2, 0) is 10.9 Å². The van der Waals surface area contributed by atoms with Gasteiger partial charge in [-0.05, 0) is 67.4 Å². The lowest BCUT2D eigenvalue weighted by Gasteiger charge is -2.29. The third-order valence-corrected chi connectivity index (χ3v) is 6.19. The minimum Gasteiger partial charge on any atom is -0.379 e. The molecule has 2 aromatic carbocycles. The van der Waals surface area contributed by atoms with E-state index in [0.717, 1.165) is 36.9 Å². The van der Waals surface area contributed by atoms with Gasteiger partial charge in [0.05, 0.1) is 36.1 Å². The summed E-state index contributed by atoms with van der Waals surface area (Å²) in [5.74, 6) is -0.360. The van der Waals surface area contributed by atoms with Gasteiger partial charge in [0, 0.05) is 48.6 Å². The Kier molecular flexibility index (Phi) is 7.91. The Bertz CT molecular complexity index is 1310. The SMILES string of the molecule is Cc1ccc(-c2cc(C(=O)N[C@H](C)CN3CCOCC3)cc(-c3cc(C(F)(F)F)ccc3C#N)c2)nc1. The van der Waals surface area contributed by atoms with Gasteiger partial charge in [0.1, 0.15) is 0 Å². The van der Waals surface area contributed by atoms with Crippen LogP contribution < -0.4 is 5.32 Å². The number of alkyl halides is 3. The van der Waals surface area contributed by atoms with Gasteiger partial charge in [-0.15, -0.1) is 0 Å². The number of aryl methyl sites for hydroxylation is 1. The van der Waals surface area contributed by atoms with Gasteiger partial charge in [0.2, 0.25) is 0 Å². The smallest absolute Gasteiger partial charge is 0.379 e. The number of morpholine rings is 1. The number of amides is 1. The van der Waals surface area contributed by atoms with E-state index in [-0.39, 0.29) is 28.6 Å². The van der Waals surface area contributed by atoms with E-state index in [4.69, 9.17) is 4.74 Å². The Morgan fingerprint density at radius 3 is 2.51 bits per heavy atom. The molecular weight excluding hydrogens is 481 g/mol. The lowest BCUT2D eigenvalue weighted by Crippen LogP contribution is -2.46. The van der Waals surface area contributed by atoms with Gasteiger partial charge in [-0.3, -0.25) is 14.7 Å². The topological polar surface area (TPSA) is 78.3 Å². The highest BCUT2D eigenvalue weighted by Gasteiger charge is 2.31. The summed E-state index contributed by atoms with van der Waals surface area (Å²) in [6.07, 6.45) is -2.90. The number of carbonyl (C=O) groups is 1. The van der Waals surface area contributed by atoms with Gasteiger partial charge in [-0.1, -0.05) is 6.07 Å². The average Bonchev–Trinajstić information content (AvgIpc) is 2.88. The van der Waals surface area contributed by atoms with Crippen LogP contribution in [0.5, 0.6) is 0 Å². The second-order valence-electron chi connectivity index (χ2n) is 9.18. The van der Waals surface area contributed by atoms with Crippen molar-refractivity contribution in [3.05, 3.63) is 77.0 Å². The van der Waals surface area contributed by atoms with E-state index >= 15 is 0 Å². The summed E-state index contributed by atoms with van der Waals surface area (Å²) < 4.78 is 45.8. The molecule has 0 radical (unpaired) electrons. The number of halogens is 3. The first-order chi connectivity index (χ1) is 17.6. The molecule has 0 spiro atoms. The summed E-state index contributed by atoms with van der Waals surface area (Å²) in [4.78, 5) is 19.9. The molecule has 2 heterocycles. The molecule has 192 valence electrons. The van der Waals surface area contributed by atoms with Crippen molar-refractivity contribution in [1.29, 1.82) is 5.26 Å². The largest absolute Gasteiger partial charge is 0.416 e. The highest BCUT2D eigenvalue weighted by Crippen LogP contribution is 2.35. The normalized spacial score (nSPS) is 15.1. The summed E-state index contributed by atoms with van der Waals surface area (Å²) in [6, 6.07) is 13.3. The van der Waals surface area contributed by atoms with Crippen LogP contribution in [0.1, 0.15) is 34.0 Å². The van der Waals surface area contributed by atoms with Crippen LogP contribution >= 0.6 is 0 Å². The molecule has 1 fully saturated rings. The van der Waals surface area contributed by atoms with Gasteiger partial charge in [0.25, 0.3) is 5.91 Å². The highest BCUT2D eigenvalue weighted by atomic mass is 19.4. The maximum absolute atomic E-state index is 13.5. The van der Waals surface area contributed by atoms with E-state index in [2.05, 4.69) is 15.2 Å². The predicted molar refractivity (Wildman–Crippen MR) is 134 cm³/mol. The Labute approximate surface area is 213 Å². The lowest BCUT2D eigenvalue weighted by molar-refractivity contribution is -0.137. The molecule has 0 unspecified atom stereocenters. The maximum Gasteiger partial charge on any atom is 0.416 e. The maximum atomic E-state index is 13.5. The number of nitrogens with zero attached hydrogens (tertiary/aromatic N) is 3. The molecule has 1 aliphatic heterocycles. The first-order valence-electron chi connectivity index (χ1n) is 11.9. The van der Waals surface area contributed by atoms with Crippen LogP contribution in [-0.4, -0.2) is 54.7 Å². The summed E-state index contributed by atoms with van der Waals surface area (Å²) >= 11 is 0. The zero-order chi connectivity index (χ0) is 26.6.